The van der Waals surface area contributed by atoms with Crippen molar-refractivity contribution >= 4 is 5.97 Å². The van der Waals surface area contributed by atoms with E-state index in [1.54, 1.807) is 0 Å². The zero-order chi connectivity index (χ0) is 8.97. The van der Waals surface area contributed by atoms with Crippen LogP contribution < -0.4 is 4.74 Å². The third kappa shape index (κ3) is 1.53. The fourth-order valence-corrected chi connectivity index (χ4v) is 0.767. The molecule has 0 unspecified atom stereocenters. The Balaban J connectivity index is 3.04. The van der Waals surface area contributed by atoms with Crippen molar-refractivity contribution in [3.8, 4) is 5.88 Å². The molecule has 0 aliphatic rings. The van der Waals surface area contributed by atoms with E-state index < -0.39 is 5.97 Å². The molecule has 63 valence electrons. The van der Waals surface area contributed by atoms with Crippen molar-refractivity contribution in [2.24, 2.45) is 0 Å². The molecule has 0 spiro atoms. The number of hydrogen-bond acceptors (Lipinski definition) is 4. The first-order chi connectivity index (χ1) is 5.79. The third-order valence-corrected chi connectivity index (χ3v) is 1.31. The number of ether oxygens (including phenoxy) is 2. The summed E-state index contributed by atoms with van der Waals surface area (Å²) >= 11 is 0. The van der Waals surface area contributed by atoms with Crippen molar-refractivity contribution in [2.75, 3.05) is 14.2 Å². The van der Waals surface area contributed by atoms with Crippen LogP contribution in [-0.2, 0) is 4.74 Å². The molecular formula is C8H8NO3. The number of esters is 1. The van der Waals surface area contributed by atoms with Gasteiger partial charge in [0.05, 0.1) is 14.2 Å². The van der Waals surface area contributed by atoms with Crippen LogP contribution in [0, 0.1) is 6.07 Å². The van der Waals surface area contributed by atoms with Crippen LogP contribution in [0.4, 0.5) is 0 Å². The highest BCUT2D eigenvalue weighted by molar-refractivity contribution is 5.91. The van der Waals surface area contributed by atoms with E-state index in [-0.39, 0.29) is 11.4 Å². The van der Waals surface area contributed by atoms with E-state index >= 15 is 0 Å². The van der Waals surface area contributed by atoms with Gasteiger partial charge < -0.3 is 9.47 Å². The first-order valence-electron chi connectivity index (χ1n) is 3.28. The largest absolute Gasteiger partial charge is 0.480 e. The van der Waals surface area contributed by atoms with E-state index in [1.807, 2.05) is 0 Å². The molecule has 0 aromatic carbocycles. The number of carbonyl (C=O) groups is 1. The Kier molecular flexibility index (Phi) is 2.63. The number of carbonyl (C=O) groups excluding carboxylic acids is 1. The van der Waals surface area contributed by atoms with Crippen LogP contribution in [0.3, 0.4) is 0 Å². The van der Waals surface area contributed by atoms with Gasteiger partial charge >= 0.3 is 5.97 Å². The SMILES string of the molecule is COC(=O)c1c[c]cnc1OC. The Morgan fingerprint density at radius 2 is 2.33 bits per heavy atom. The van der Waals surface area contributed by atoms with Crippen molar-refractivity contribution in [1.82, 2.24) is 4.98 Å². The molecule has 0 aliphatic heterocycles. The van der Waals surface area contributed by atoms with Crippen molar-refractivity contribution in [1.29, 1.82) is 0 Å². The van der Waals surface area contributed by atoms with Gasteiger partial charge in [0.2, 0.25) is 5.88 Å². The van der Waals surface area contributed by atoms with Crippen molar-refractivity contribution in [3.05, 3.63) is 23.9 Å². The molecule has 0 atom stereocenters. The normalized spacial score (nSPS) is 9.17. The van der Waals surface area contributed by atoms with E-state index in [9.17, 15) is 4.79 Å². The monoisotopic (exact) mass is 166 g/mol. The second kappa shape index (κ2) is 3.71. The maximum absolute atomic E-state index is 11.0. The number of nitrogens with zero attached hydrogens (tertiary/aromatic N) is 1. The lowest BCUT2D eigenvalue weighted by Crippen LogP contribution is -2.04. The lowest BCUT2D eigenvalue weighted by atomic mass is 10.3. The maximum Gasteiger partial charge on any atom is 0.343 e. The summed E-state index contributed by atoms with van der Waals surface area (Å²) in [5.74, 6) is -0.225. The Labute approximate surface area is 70.1 Å². The summed E-state index contributed by atoms with van der Waals surface area (Å²) in [5.41, 5.74) is 0.280. The summed E-state index contributed by atoms with van der Waals surface area (Å²) in [5, 5.41) is 0. The molecule has 0 fully saturated rings. The van der Waals surface area contributed by atoms with Gasteiger partial charge in [0, 0.05) is 12.3 Å². The standard InChI is InChI=1S/C8H8NO3/c1-11-7-6(8(10)12-2)4-3-5-9-7/h4-5H,1-2H3. The van der Waals surface area contributed by atoms with Gasteiger partial charge in [-0.1, -0.05) is 0 Å². The molecule has 1 heterocycles. The minimum absolute atomic E-state index is 0.251. The molecule has 12 heavy (non-hydrogen) atoms. The Bertz CT molecular complexity index is 285. The van der Waals surface area contributed by atoms with Crippen LogP contribution in [-0.4, -0.2) is 25.2 Å². The zero-order valence-electron chi connectivity index (χ0n) is 6.83. The second-order valence-corrected chi connectivity index (χ2v) is 1.98. The van der Waals surface area contributed by atoms with Crippen molar-refractivity contribution in [2.45, 2.75) is 0 Å². The maximum atomic E-state index is 11.0. The predicted octanol–water partition coefficient (Wildman–Crippen LogP) is 0.677. The number of methoxy groups -OCH3 is 2. The Morgan fingerprint density at radius 3 is 2.92 bits per heavy atom. The molecule has 1 aromatic rings. The lowest BCUT2D eigenvalue weighted by molar-refractivity contribution is 0.0596. The molecule has 4 nitrogen and oxygen atoms in total. The molecule has 0 amide bonds. The fourth-order valence-electron chi connectivity index (χ4n) is 0.767. The van der Waals surface area contributed by atoms with Gasteiger partial charge in [-0.05, 0) is 6.07 Å². The second-order valence-electron chi connectivity index (χ2n) is 1.98. The van der Waals surface area contributed by atoms with Gasteiger partial charge in [0.1, 0.15) is 5.56 Å². The van der Waals surface area contributed by atoms with E-state index in [0.717, 1.165) is 0 Å². The smallest absolute Gasteiger partial charge is 0.343 e. The molecule has 1 radical (unpaired) electrons. The minimum atomic E-state index is -0.476. The van der Waals surface area contributed by atoms with Crippen LogP contribution >= 0.6 is 0 Å². The van der Waals surface area contributed by atoms with Gasteiger partial charge in [-0.2, -0.15) is 0 Å². The molecule has 1 aromatic heterocycles. The number of hydrogen-bond donors (Lipinski definition) is 0. The Hall–Kier alpha value is -1.58. The minimum Gasteiger partial charge on any atom is -0.480 e. The van der Waals surface area contributed by atoms with E-state index in [4.69, 9.17) is 4.74 Å². The van der Waals surface area contributed by atoms with Crippen LogP contribution in [0.2, 0.25) is 0 Å². The number of pyridine rings is 1. The highest BCUT2D eigenvalue weighted by atomic mass is 16.5. The summed E-state index contributed by atoms with van der Waals surface area (Å²) in [6.45, 7) is 0. The average molecular weight is 166 g/mol. The van der Waals surface area contributed by atoms with Gasteiger partial charge in [-0.3, -0.25) is 0 Å². The van der Waals surface area contributed by atoms with Crippen molar-refractivity contribution < 1.29 is 14.3 Å². The zero-order valence-corrected chi connectivity index (χ0v) is 6.83. The first kappa shape index (κ1) is 8.52. The number of aromatic nitrogens is 1. The molecule has 0 saturated heterocycles. The molecule has 0 aliphatic carbocycles. The first-order valence-corrected chi connectivity index (χ1v) is 3.28. The predicted molar refractivity (Wildman–Crippen MR) is 41.0 cm³/mol. The molecule has 4 heteroatoms. The summed E-state index contributed by atoms with van der Waals surface area (Å²) < 4.78 is 9.34. The van der Waals surface area contributed by atoms with E-state index in [1.165, 1.54) is 26.5 Å². The van der Waals surface area contributed by atoms with Crippen molar-refractivity contribution in [3.63, 3.8) is 0 Å². The average Bonchev–Trinajstić information content (AvgIpc) is 2.16. The molecule has 0 N–H and O–H groups in total. The topological polar surface area (TPSA) is 48.4 Å². The summed E-state index contributed by atoms with van der Waals surface area (Å²) in [4.78, 5) is 14.8. The summed E-state index contributed by atoms with van der Waals surface area (Å²) in [6, 6.07) is 4.13. The highest BCUT2D eigenvalue weighted by Gasteiger charge is 2.11. The lowest BCUT2D eigenvalue weighted by Gasteiger charge is -2.03. The van der Waals surface area contributed by atoms with Gasteiger partial charge in [0.25, 0.3) is 0 Å². The van der Waals surface area contributed by atoms with E-state index in [2.05, 4.69) is 15.8 Å². The molecule has 0 bridgehead atoms. The van der Waals surface area contributed by atoms with Gasteiger partial charge in [-0.25, -0.2) is 9.78 Å². The third-order valence-electron chi connectivity index (χ3n) is 1.31. The highest BCUT2D eigenvalue weighted by Crippen LogP contribution is 2.13. The number of rotatable bonds is 2. The van der Waals surface area contributed by atoms with Crippen LogP contribution in [0.1, 0.15) is 10.4 Å². The van der Waals surface area contributed by atoms with Crippen LogP contribution in [0.15, 0.2) is 12.3 Å². The summed E-state index contributed by atoms with van der Waals surface area (Å²) in [7, 11) is 2.74. The quantitative estimate of drug-likeness (QED) is 0.606. The molecule has 0 saturated carbocycles. The molecule has 1 rings (SSSR count). The summed E-state index contributed by atoms with van der Waals surface area (Å²) in [6.07, 6.45) is 1.42. The fraction of sp³-hybridized carbons (Fsp3) is 0.250. The van der Waals surface area contributed by atoms with Crippen LogP contribution in [0.5, 0.6) is 5.88 Å². The molecular weight excluding hydrogens is 158 g/mol. The van der Waals surface area contributed by atoms with Gasteiger partial charge in [0.15, 0.2) is 0 Å². The van der Waals surface area contributed by atoms with E-state index in [0.29, 0.717) is 0 Å². The van der Waals surface area contributed by atoms with Crippen LogP contribution in [0.25, 0.3) is 0 Å². The Morgan fingerprint density at radius 1 is 1.58 bits per heavy atom. The van der Waals surface area contributed by atoms with Gasteiger partial charge in [-0.15, -0.1) is 0 Å².